The number of fused-ring (bicyclic) bond motifs is 1. The van der Waals surface area contributed by atoms with Crippen LogP contribution in [-0.4, -0.2) is 16.9 Å². The third-order valence-corrected chi connectivity index (χ3v) is 4.35. The van der Waals surface area contributed by atoms with Crippen molar-refractivity contribution in [1.82, 2.24) is 4.98 Å². The van der Waals surface area contributed by atoms with Crippen LogP contribution in [-0.2, 0) is 4.79 Å². The molecule has 0 radical (unpaired) electrons. The third-order valence-electron chi connectivity index (χ3n) is 3.41. The van der Waals surface area contributed by atoms with E-state index in [1.165, 1.54) is 11.3 Å². The van der Waals surface area contributed by atoms with Gasteiger partial charge in [-0.05, 0) is 24.5 Å². The molecule has 2 rings (SSSR count). The first-order chi connectivity index (χ1) is 9.02. The number of anilines is 1. The highest BCUT2D eigenvalue weighted by atomic mass is 35.5. The fraction of sp³-hybridized carbons (Fsp3) is 0.429. The summed E-state index contributed by atoms with van der Waals surface area (Å²) in [5, 5.41) is 3.44. The van der Waals surface area contributed by atoms with Gasteiger partial charge in [-0.2, -0.15) is 0 Å². The Morgan fingerprint density at radius 1 is 1.50 bits per heavy atom. The molecule has 110 valence electrons. The zero-order chi connectivity index (χ0) is 14.0. The summed E-state index contributed by atoms with van der Waals surface area (Å²) in [4.78, 5) is 16.5. The Bertz CT molecular complexity index is 599. The number of thiazole rings is 1. The van der Waals surface area contributed by atoms with Crippen LogP contribution < -0.4 is 11.1 Å². The van der Waals surface area contributed by atoms with Gasteiger partial charge in [0.05, 0.1) is 16.3 Å². The molecule has 1 amide bonds. The van der Waals surface area contributed by atoms with E-state index in [1.807, 2.05) is 39.0 Å². The molecule has 0 saturated carbocycles. The summed E-state index contributed by atoms with van der Waals surface area (Å²) >= 11 is 1.48. The lowest BCUT2D eigenvalue weighted by Gasteiger charge is -2.16. The smallest absolute Gasteiger partial charge is 0.243 e. The SMILES string of the molecule is CCC(C)C(N)C(=O)Nc1nc2c(C)cccc2s1.Cl. The van der Waals surface area contributed by atoms with Gasteiger partial charge in [-0.1, -0.05) is 43.7 Å². The molecule has 4 nitrogen and oxygen atoms in total. The molecule has 1 aromatic heterocycles. The zero-order valence-corrected chi connectivity index (χ0v) is 13.5. The van der Waals surface area contributed by atoms with E-state index in [9.17, 15) is 4.79 Å². The lowest BCUT2D eigenvalue weighted by atomic mass is 10.00. The molecule has 2 unspecified atom stereocenters. The van der Waals surface area contributed by atoms with Gasteiger partial charge in [0.15, 0.2) is 5.13 Å². The largest absolute Gasteiger partial charge is 0.320 e. The maximum atomic E-state index is 12.0. The lowest BCUT2D eigenvalue weighted by Crippen LogP contribution is -2.40. The van der Waals surface area contributed by atoms with Gasteiger partial charge in [0.2, 0.25) is 5.91 Å². The maximum absolute atomic E-state index is 12.0. The fourth-order valence-electron chi connectivity index (χ4n) is 1.84. The van der Waals surface area contributed by atoms with Gasteiger partial charge in [-0.25, -0.2) is 4.98 Å². The second kappa shape index (κ2) is 7.02. The molecule has 0 spiro atoms. The van der Waals surface area contributed by atoms with Crippen molar-refractivity contribution >= 4 is 45.0 Å². The molecule has 2 aromatic rings. The molecule has 0 aliphatic rings. The molecule has 3 N–H and O–H groups in total. The maximum Gasteiger partial charge on any atom is 0.243 e. The van der Waals surface area contributed by atoms with E-state index in [4.69, 9.17) is 5.73 Å². The molecule has 0 bridgehead atoms. The lowest BCUT2D eigenvalue weighted by molar-refractivity contribution is -0.118. The minimum atomic E-state index is -0.488. The van der Waals surface area contributed by atoms with Crippen molar-refractivity contribution in [3.8, 4) is 0 Å². The number of nitrogens with zero attached hydrogens (tertiary/aromatic N) is 1. The summed E-state index contributed by atoms with van der Waals surface area (Å²) in [5.74, 6) is 0.00201. The van der Waals surface area contributed by atoms with Crippen molar-refractivity contribution in [3.05, 3.63) is 23.8 Å². The van der Waals surface area contributed by atoms with E-state index >= 15 is 0 Å². The van der Waals surface area contributed by atoms with Gasteiger partial charge in [0, 0.05) is 0 Å². The molecule has 1 aromatic carbocycles. The number of hydrogen-bond donors (Lipinski definition) is 2. The van der Waals surface area contributed by atoms with Crippen LogP contribution in [0.4, 0.5) is 5.13 Å². The van der Waals surface area contributed by atoms with Gasteiger partial charge in [0.1, 0.15) is 0 Å². The van der Waals surface area contributed by atoms with Crippen LogP contribution in [0.15, 0.2) is 18.2 Å². The van der Waals surface area contributed by atoms with E-state index < -0.39 is 6.04 Å². The monoisotopic (exact) mass is 313 g/mol. The summed E-state index contributed by atoms with van der Waals surface area (Å²) in [5.41, 5.74) is 7.96. The standard InChI is InChI=1S/C14H19N3OS.ClH/c1-4-8(2)11(15)13(18)17-14-16-12-9(3)6-5-7-10(12)19-14;/h5-8,11H,4,15H2,1-3H3,(H,16,17,18);1H. The van der Waals surface area contributed by atoms with E-state index in [0.29, 0.717) is 5.13 Å². The minimum absolute atomic E-state index is 0. The second-order valence-corrected chi connectivity index (χ2v) is 5.87. The topological polar surface area (TPSA) is 68.0 Å². The average molecular weight is 314 g/mol. The van der Waals surface area contributed by atoms with E-state index in [1.54, 1.807) is 0 Å². The van der Waals surface area contributed by atoms with Crippen molar-refractivity contribution < 1.29 is 4.79 Å². The molecule has 0 aliphatic heterocycles. The number of aromatic nitrogens is 1. The first-order valence-corrected chi connectivity index (χ1v) is 7.27. The Hall–Kier alpha value is -1.17. The van der Waals surface area contributed by atoms with Crippen molar-refractivity contribution in [2.45, 2.75) is 33.2 Å². The number of para-hydroxylation sites is 1. The molecule has 2 atom stereocenters. The highest BCUT2D eigenvalue weighted by Gasteiger charge is 2.20. The minimum Gasteiger partial charge on any atom is -0.320 e. The van der Waals surface area contributed by atoms with Crippen molar-refractivity contribution in [1.29, 1.82) is 0 Å². The Kier molecular flexibility index (Phi) is 5.92. The van der Waals surface area contributed by atoms with Crippen molar-refractivity contribution in [2.24, 2.45) is 11.7 Å². The average Bonchev–Trinajstić information content (AvgIpc) is 2.80. The van der Waals surface area contributed by atoms with E-state index in [0.717, 1.165) is 22.2 Å². The van der Waals surface area contributed by atoms with E-state index in [2.05, 4.69) is 10.3 Å². The number of carbonyl (C=O) groups excluding carboxylic acids is 1. The summed E-state index contributed by atoms with van der Waals surface area (Å²) in [6.07, 6.45) is 0.882. The fourth-order valence-corrected chi connectivity index (χ4v) is 2.79. The Morgan fingerprint density at radius 3 is 2.80 bits per heavy atom. The van der Waals surface area contributed by atoms with Crippen LogP contribution in [0.25, 0.3) is 10.2 Å². The van der Waals surface area contributed by atoms with E-state index in [-0.39, 0.29) is 24.2 Å². The molecule has 1 heterocycles. The molecular formula is C14H20ClN3OS. The van der Waals surface area contributed by atoms with Crippen LogP contribution in [0.3, 0.4) is 0 Å². The van der Waals surface area contributed by atoms with Crippen molar-refractivity contribution in [3.63, 3.8) is 0 Å². The van der Waals surface area contributed by atoms with Crippen LogP contribution in [0.2, 0.25) is 0 Å². The number of amides is 1. The first kappa shape index (κ1) is 16.9. The predicted octanol–water partition coefficient (Wildman–Crippen LogP) is 3.34. The highest BCUT2D eigenvalue weighted by Crippen LogP contribution is 2.28. The number of benzene rings is 1. The normalized spacial score (nSPS) is 13.6. The van der Waals surface area contributed by atoms with Crippen LogP contribution in [0.5, 0.6) is 0 Å². The summed E-state index contributed by atoms with van der Waals surface area (Å²) in [7, 11) is 0. The number of carbonyl (C=O) groups is 1. The number of halogens is 1. The Labute approximate surface area is 129 Å². The van der Waals surface area contributed by atoms with Crippen LogP contribution in [0.1, 0.15) is 25.8 Å². The summed E-state index contributed by atoms with van der Waals surface area (Å²) in [6.45, 7) is 6.02. The quantitative estimate of drug-likeness (QED) is 0.909. The first-order valence-electron chi connectivity index (χ1n) is 6.45. The Balaban J connectivity index is 0.00000200. The second-order valence-electron chi connectivity index (χ2n) is 4.84. The number of aryl methyl sites for hydroxylation is 1. The Morgan fingerprint density at radius 2 is 2.20 bits per heavy atom. The van der Waals surface area contributed by atoms with Gasteiger partial charge >= 0.3 is 0 Å². The summed E-state index contributed by atoms with van der Waals surface area (Å²) < 4.78 is 1.08. The van der Waals surface area contributed by atoms with Crippen molar-refractivity contribution in [2.75, 3.05) is 5.32 Å². The van der Waals surface area contributed by atoms with Gasteiger partial charge in [0.25, 0.3) is 0 Å². The molecular weight excluding hydrogens is 294 g/mol. The van der Waals surface area contributed by atoms with Crippen LogP contribution >= 0.6 is 23.7 Å². The number of rotatable bonds is 4. The number of nitrogens with two attached hydrogens (primary N) is 1. The molecule has 6 heteroatoms. The van der Waals surface area contributed by atoms with Crippen LogP contribution in [0, 0.1) is 12.8 Å². The molecule has 0 saturated heterocycles. The third kappa shape index (κ3) is 3.48. The van der Waals surface area contributed by atoms with Gasteiger partial charge in [-0.3, -0.25) is 4.79 Å². The highest BCUT2D eigenvalue weighted by molar-refractivity contribution is 7.22. The summed E-state index contributed by atoms with van der Waals surface area (Å²) in [6, 6.07) is 5.52. The van der Waals surface area contributed by atoms with Gasteiger partial charge < -0.3 is 11.1 Å². The van der Waals surface area contributed by atoms with Gasteiger partial charge in [-0.15, -0.1) is 12.4 Å². The zero-order valence-electron chi connectivity index (χ0n) is 11.8. The predicted molar refractivity (Wildman–Crippen MR) is 87.7 cm³/mol. The number of hydrogen-bond acceptors (Lipinski definition) is 4. The molecule has 20 heavy (non-hydrogen) atoms. The molecule has 0 fully saturated rings. The molecule has 0 aliphatic carbocycles. The number of nitrogens with one attached hydrogen (secondary N) is 1.